The Kier molecular flexibility index (Phi) is 4.39. The van der Waals surface area contributed by atoms with Crippen molar-refractivity contribution in [2.24, 2.45) is 0 Å². The summed E-state index contributed by atoms with van der Waals surface area (Å²) in [5.41, 5.74) is -0.601. The number of anilines is 1. The summed E-state index contributed by atoms with van der Waals surface area (Å²) in [4.78, 5) is 12.2. The van der Waals surface area contributed by atoms with Gasteiger partial charge < -0.3 is 19.2 Å². The van der Waals surface area contributed by atoms with Crippen molar-refractivity contribution in [2.45, 2.75) is 37.7 Å². The summed E-state index contributed by atoms with van der Waals surface area (Å²) < 4.78 is 66.5. The van der Waals surface area contributed by atoms with Gasteiger partial charge in [0.25, 0.3) is 15.9 Å². The van der Waals surface area contributed by atoms with Crippen LogP contribution in [0.25, 0.3) is 0 Å². The van der Waals surface area contributed by atoms with Crippen molar-refractivity contribution in [3.8, 4) is 11.5 Å². The molecule has 0 saturated heterocycles. The van der Waals surface area contributed by atoms with Crippen molar-refractivity contribution in [2.75, 3.05) is 5.32 Å². The summed E-state index contributed by atoms with van der Waals surface area (Å²) >= 11 is 0. The minimum absolute atomic E-state index is 0.133. The highest BCUT2D eigenvalue weighted by Crippen LogP contribution is 2.42. The standard InChI is InChI=1S/C16H16F2N2O6S/c1-15(2,3)20-27(22,23)13-7-6-11(24-13)14(21)19-9-4-5-10-12(8-9)26-16(17,18)25-10/h4-8,20H,1-3H3,(H,19,21). The molecule has 0 fully saturated rings. The van der Waals surface area contributed by atoms with Crippen molar-refractivity contribution >= 4 is 21.6 Å². The van der Waals surface area contributed by atoms with Gasteiger partial charge in [-0.05, 0) is 45.0 Å². The zero-order valence-electron chi connectivity index (χ0n) is 14.5. The molecule has 2 heterocycles. The molecule has 0 atom stereocenters. The molecule has 1 amide bonds. The number of rotatable bonds is 4. The van der Waals surface area contributed by atoms with E-state index in [9.17, 15) is 22.0 Å². The summed E-state index contributed by atoms with van der Waals surface area (Å²) in [5, 5.41) is 1.98. The zero-order chi connectivity index (χ0) is 20.0. The maximum atomic E-state index is 13.0. The SMILES string of the molecule is CC(C)(C)NS(=O)(=O)c1ccc(C(=O)Nc2ccc3c(c2)OC(F)(F)O3)o1. The highest BCUT2D eigenvalue weighted by atomic mass is 32.2. The van der Waals surface area contributed by atoms with Crippen molar-refractivity contribution in [3.05, 3.63) is 36.1 Å². The molecule has 0 aliphatic carbocycles. The normalized spacial score (nSPS) is 15.6. The van der Waals surface area contributed by atoms with Crippen LogP contribution in [0.1, 0.15) is 31.3 Å². The van der Waals surface area contributed by atoms with Gasteiger partial charge in [0, 0.05) is 17.3 Å². The van der Waals surface area contributed by atoms with Crippen LogP contribution in [0, 0.1) is 0 Å². The third-order valence-electron chi connectivity index (χ3n) is 3.17. The topological polar surface area (TPSA) is 107 Å². The predicted molar refractivity (Wildman–Crippen MR) is 89.4 cm³/mol. The van der Waals surface area contributed by atoms with E-state index in [0.29, 0.717) is 0 Å². The first-order valence-corrected chi connectivity index (χ1v) is 9.18. The van der Waals surface area contributed by atoms with Gasteiger partial charge in [0.2, 0.25) is 5.09 Å². The second kappa shape index (κ2) is 6.20. The van der Waals surface area contributed by atoms with Crippen LogP contribution in [0.4, 0.5) is 14.5 Å². The molecule has 0 spiro atoms. The molecule has 11 heteroatoms. The first-order valence-electron chi connectivity index (χ1n) is 7.70. The van der Waals surface area contributed by atoms with Gasteiger partial charge in [-0.3, -0.25) is 4.79 Å². The predicted octanol–water partition coefficient (Wildman–Crippen LogP) is 2.93. The van der Waals surface area contributed by atoms with E-state index >= 15 is 0 Å². The number of halogens is 2. The Bertz CT molecular complexity index is 995. The first-order chi connectivity index (χ1) is 12.3. The van der Waals surface area contributed by atoms with E-state index in [1.54, 1.807) is 20.8 Å². The van der Waals surface area contributed by atoms with Crippen LogP contribution in [-0.2, 0) is 10.0 Å². The number of amides is 1. The number of benzene rings is 1. The number of furan rings is 1. The number of sulfonamides is 1. The number of hydrogen-bond acceptors (Lipinski definition) is 6. The van der Waals surface area contributed by atoms with Crippen molar-refractivity contribution in [1.82, 2.24) is 4.72 Å². The smallest absolute Gasteiger partial charge is 0.438 e. The van der Waals surface area contributed by atoms with Crippen molar-refractivity contribution < 1.29 is 35.9 Å². The minimum Gasteiger partial charge on any atom is -0.438 e. The fourth-order valence-electron chi connectivity index (χ4n) is 2.26. The lowest BCUT2D eigenvalue weighted by atomic mass is 10.1. The van der Waals surface area contributed by atoms with Gasteiger partial charge in [-0.15, -0.1) is 8.78 Å². The highest BCUT2D eigenvalue weighted by Gasteiger charge is 2.43. The van der Waals surface area contributed by atoms with Gasteiger partial charge in [-0.1, -0.05) is 0 Å². The van der Waals surface area contributed by atoms with Gasteiger partial charge in [-0.25, -0.2) is 13.1 Å². The number of carbonyl (C=O) groups excluding carboxylic acids is 1. The Morgan fingerprint density at radius 3 is 2.41 bits per heavy atom. The molecule has 0 unspecified atom stereocenters. The van der Waals surface area contributed by atoms with Gasteiger partial charge in [0.05, 0.1) is 0 Å². The molecule has 1 aromatic carbocycles. The molecule has 1 aliphatic heterocycles. The van der Waals surface area contributed by atoms with Gasteiger partial charge >= 0.3 is 6.29 Å². The second-order valence-corrected chi connectivity index (χ2v) is 8.37. The third-order valence-corrected chi connectivity index (χ3v) is 4.80. The Labute approximate surface area is 153 Å². The molecule has 2 aromatic rings. The van der Waals surface area contributed by atoms with Crippen LogP contribution in [0.2, 0.25) is 0 Å². The van der Waals surface area contributed by atoms with E-state index in [1.165, 1.54) is 18.2 Å². The maximum Gasteiger partial charge on any atom is 0.586 e. The lowest BCUT2D eigenvalue weighted by Crippen LogP contribution is -2.40. The molecule has 1 aliphatic rings. The highest BCUT2D eigenvalue weighted by molar-refractivity contribution is 7.89. The average molecular weight is 402 g/mol. The number of carbonyl (C=O) groups is 1. The van der Waals surface area contributed by atoms with Crippen LogP contribution < -0.4 is 19.5 Å². The van der Waals surface area contributed by atoms with Crippen molar-refractivity contribution in [1.29, 1.82) is 0 Å². The Balaban J connectivity index is 1.74. The van der Waals surface area contributed by atoms with Crippen LogP contribution in [-0.4, -0.2) is 26.2 Å². The quantitative estimate of drug-likeness (QED) is 0.814. The molecule has 146 valence electrons. The van der Waals surface area contributed by atoms with Crippen LogP contribution in [0.15, 0.2) is 39.8 Å². The van der Waals surface area contributed by atoms with Crippen LogP contribution in [0.5, 0.6) is 11.5 Å². The van der Waals surface area contributed by atoms with Crippen LogP contribution in [0.3, 0.4) is 0 Å². The van der Waals surface area contributed by atoms with Gasteiger partial charge in [-0.2, -0.15) is 0 Å². The lowest BCUT2D eigenvalue weighted by molar-refractivity contribution is -0.286. The lowest BCUT2D eigenvalue weighted by Gasteiger charge is -2.18. The van der Waals surface area contributed by atoms with Crippen LogP contribution >= 0.6 is 0 Å². The number of hydrogen-bond donors (Lipinski definition) is 2. The van der Waals surface area contributed by atoms with E-state index < -0.39 is 32.9 Å². The Hall–Kier alpha value is -2.66. The third kappa shape index (κ3) is 4.37. The van der Waals surface area contributed by atoms with Gasteiger partial charge in [0.1, 0.15) is 0 Å². The minimum atomic E-state index is -3.94. The second-order valence-electron chi connectivity index (χ2n) is 6.76. The Morgan fingerprint density at radius 1 is 1.07 bits per heavy atom. The summed E-state index contributed by atoms with van der Waals surface area (Å²) in [6.45, 7) is 4.97. The summed E-state index contributed by atoms with van der Waals surface area (Å²) in [7, 11) is -3.94. The molecule has 8 nitrogen and oxygen atoms in total. The number of nitrogens with one attached hydrogen (secondary N) is 2. The first kappa shape index (κ1) is 19.1. The van der Waals surface area contributed by atoms with E-state index in [1.807, 2.05) is 0 Å². The fraction of sp³-hybridized carbons (Fsp3) is 0.312. The summed E-state index contributed by atoms with van der Waals surface area (Å²) in [5.74, 6) is -1.45. The largest absolute Gasteiger partial charge is 0.586 e. The van der Waals surface area contributed by atoms with E-state index in [0.717, 1.165) is 12.1 Å². The zero-order valence-corrected chi connectivity index (χ0v) is 15.3. The number of ether oxygens (including phenoxy) is 2. The van der Waals surface area contributed by atoms with E-state index in [4.69, 9.17) is 4.42 Å². The van der Waals surface area contributed by atoms with Crippen molar-refractivity contribution in [3.63, 3.8) is 0 Å². The molecule has 0 saturated carbocycles. The van der Waals surface area contributed by atoms with E-state index in [2.05, 4.69) is 19.5 Å². The molecular weight excluding hydrogens is 386 g/mol. The van der Waals surface area contributed by atoms with Gasteiger partial charge in [0.15, 0.2) is 17.3 Å². The molecular formula is C16H16F2N2O6S. The average Bonchev–Trinajstić information content (AvgIpc) is 3.07. The molecule has 1 aromatic heterocycles. The Morgan fingerprint density at radius 2 is 1.74 bits per heavy atom. The fourth-order valence-corrected chi connectivity index (χ4v) is 3.61. The molecule has 3 rings (SSSR count). The summed E-state index contributed by atoms with van der Waals surface area (Å²) in [6, 6.07) is 6.01. The maximum absolute atomic E-state index is 13.0. The summed E-state index contributed by atoms with van der Waals surface area (Å²) in [6.07, 6.45) is -3.77. The molecule has 0 radical (unpaired) electrons. The number of fused-ring (bicyclic) bond motifs is 1. The monoisotopic (exact) mass is 402 g/mol. The van der Waals surface area contributed by atoms with E-state index in [-0.39, 0.29) is 22.9 Å². The molecule has 0 bridgehead atoms. The number of alkyl halides is 2. The molecule has 2 N–H and O–H groups in total. The molecule has 27 heavy (non-hydrogen) atoms.